The van der Waals surface area contributed by atoms with Crippen LogP contribution in [0.15, 0.2) is 12.2 Å². The molecule has 0 aliphatic heterocycles. The quantitative estimate of drug-likeness (QED) is 0.499. The van der Waals surface area contributed by atoms with Gasteiger partial charge in [0.05, 0.1) is 6.10 Å². The lowest BCUT2D eigenvalue weighted by atomic mass is 10.2. The summed E-state index contributed by atoms with van der Waals surface area (Å²) in [5.41, 5.74) is 0. The van der Waals surface area contributed by atoms with E-state index in [4.69, 9.17) is 4.43 Å². The first-order valence-corrected chi connectivity index (χ1v) is 8.46. The summed E-state index contributed by atoms with van der Waals surface area (Å²) < 4.78 is 6.24. The van der Waals surface area contributed by atoms with E-state index in [0.717, 1.165) is 6.42 Å². The van der Waals surface area contributed by atoms with Crippen molar-refractivity contribution < 1.29 is 4.43 Å². The normalized spacial score (nSPS) is 16.2. The van der Waals surface area contributed by atoms with Gasteiger partial charge in [-0.05, 0) is 31.5 Å². The highest BCUT2D eigenvalue weighted by atomic mass is 28.4. The molecule has 14 heavy (non-hydrogen) atoms. The van der Waals surface area contributed by atoms with Crippen LogP contribution in [0, 0.1) is 0 Å². The predicted molar refractivity (Wildman–Crippen MR) is 67.2 cm³/mol. The second-order valence-corrected chi connectivity index (χ2v) is 10.1. The van der Waals surface area contributed by atoms with Gasteiger partial charge in [-0.3, -0.25) is 0 Å². The molecule has 0 N–H and O–H groups in total. The predicted octanol–water partition coefficient (Wildman–Crippen LogP) is 4.36. The molecule has 0 saturated carbocycles. The Balaban J connectivity index is 4.47. The molecule has 0 aromatic rings. The van der Waals surface area contributed by atoms with Crippen molar-refractivity contribution in [3.63, 3.8) is 0 Å². The SMILES string of the molecule is C/C=C/[C@@H](CC)O[Si](C)(C)C(C)(C)C. The van der Waals surface area contributed by atoms with Gasteiger partial charge in [-0.15, -0.1) is 0 Å². The van der Waals surface area contributed by atoms with Gasteiger partial charge in [0.25, 0.3) is 0 Å². The van der Waals surface area contributed by atoms with E-state index in [0.29, 0.717) is 11.1 Å². The molecule has 0 bridgehead atoms. The van der Waals surface area contributed by atoms with Crippen molar-refractivity contribution in [1.82, 2.24) is 0 Å². The van der Waals surface area contributed by atoms with Crippen molar-refractivity contribution in [1.29, 1.82) is 0 Å². The molecule has 0 saturated heterocycles. The molecule has 0 fully saturated rings. The van der Waals surface area contributed by atoms with Crippen molar-refractivity contribution in [3.8, 4) is 0 Å². The van der Waals surface area contributed by atoms with Gasteiger partial charge in [0.15, 0.2) is 8.32 Å². The van der Waals surface area contributed by atoms with E-state index >= 15 is 0 Å². The van der Waals surface area contributed by atoms with Crippen LogP contribution in [0.3, 0.4) is 0 Å². The zero-order valence-electron chi connectivity index (χ0n) is 10.8. The molecule has 0 aliphatic rings. The molecule has 0 amide bonds. The molecule has 0 rings (SSSR count). The van der Waals surface area contributed by atoms with E-state index in [1.807, 2.05) is 0 Å². The highest BCUT2D eigenvalue weighted by Crippen LogP contribution is 2.37. The van der Waals surface area contributed by atoms with Crippen LogP contribution in [-0.2, 0) is 4.43 Å². The first kappa shape index (κ1) is 13.9. The van der Waals surface area contributed by atoms with Gasteiger partial charge in [0.1, 0.15) is 0 Å². The number of rotatable bonds is 4. The molecular formula is C12H26OSi. The van der Waals surface area contributed by atoms with Crippen molar-refractivity contribution in [2.75, 3.05) is 0 Å². The Morgan fingerprint density at radius 1 is 1.29 bits per heavy atom. The second-order valence-electron chi connectivity index (χ2n) is 5.35. The molecular weight excluding hydrogens is 188 g/mol. The van der Waals surface area contributed by atoms with Gasteiger partial charge in [0, 0.05) is 0 Å². The van der Waals surface area contributed by atoms with Crippen LogP contribution in [0.1, 0.15) is 41.0 Å². The Kier molecular flexibility index (Phi) is 5.10. The third-order valence-corrected chi connectivity index (χ3v) is 7.57. The maximum absolute atomic E-state index is 6.24. The van der Waals surface area contributed by atoms with Crippen LogP contribution in [0.2, 0.25) is 18.1 Å². The van der Waals surface area contributed by atoms with Crippen molar-refractivity contribution >= 4 is 8.32 Å². The Morgan fingerprint density at radius 2 is 1.79 bits per heavy atom. The summed E-state index contributed by atoms with van der Waals surface area (Å²) in [6, 6.07) is 0. The van der Waals surface area contributed by atoms with E-state index in [1.54, 1.807) is 0 Å². The van der Waals surface area contributed by atoms with Gasteiger partial charge >= 0.3 is 0 Å². The summed E-state index contributed by atoms with van der Waals surface area (Å²) in [7, 11) is -1.58. The fourth-order valence-corrected chi connectivity index (χ4v) is 2.38. The van der Waals surface area contributed by atoms with Crippen LogP contribution < -0.4 is 0 Å². The maximum atomic E-state index is 6.24. The molecule has 0 aromatic carbocycles. The van der Waals surface area contributed by atoms with Crippen LogP contribution >= 0.6 is 0 Å². The third-order valence-electron chi connectivity index (χ3n) is 3.06. The molecule has 0 spiro atoms. The third kappa shape index (κ3) is 3.97. The minimum Gasteiger partial charge on any atom is -0.411 e. The average molecular weight is 214 g/mol. The van der Waals surface area contributed by atoms with E-state index < -0.39 is 8.32 Å². The fraction of sp³-hybridized carbons (Fsp3) is 0.833. The first-order valence-electron chi connectivity index (χ1n) is 5.55. The standard InChI is InChI=1S/C12H26OSi/c1-8-10-11(9-2)13-14(6,7)12(3,4)5/h8,10-11H,9H2,1-7H3/b10-8+/t11-/m1/s1. The average Bonchev–Trinajstić information content (AvgIpc) is 2.01. The van der Waals surface area contributed by atoms with Gasteiger partial charge in [-0.25, -0.2) is 0 Å². The molecule has 0 aliphatic carbocycles. The first-order chi connectivity index (χ1) is 6.24. The minimum atomic E-state index is -1.58. The number of hydrogen-bond acceptors (Lipinski definition) is 1. The summed E-state index contributed by atoms with van der Waals surface area (Å²) in [5.74, 6) is 0. The molecule has 1 nitrogen and oxygen atoms in total. The van der Waals surface area contributed by atoms with Crippen LogP contribution in [-0.4, -0.2) is 14.4 Å². The lowest BCUT2D eigenvalue weighted by Gasteiger charge is -2.38. The van der Waals surface area contributed by atoms with E-state index in [9.17, 15) is 0 Å². The summed E-state index contributed by atoms with van der Waals surface area (Å²) in [5, 5.41) is 0.308. The second kappa shape index (κ2) is 5.13. The lowest BCUT2D eigenvalue weighted by Crippen LogP contribution is -2.43. The zero-order valence-corrected chi connectivity index (χ0v) is 11.8. The van der Waals surface area contributed by atoms with Crippen LogP contribution in [0.4, 0.5) is 0 Å². The molecule has 0 radical (unpaired) electrons. The van der Waals surface area contributed by atoms with E-state index in [2.05, 4.69) is 59.9 Å². The van der Waals surface area contributed by atoms with Crippen LogP contribution in [0.25, 0.3) is 0 Å². The minimum absolute atomic E-state index is 0.306. The van der Waals surface area contributed by atoms with Crippen molar-refractivity contribution in [2.45, 2.75) is 65.3 Å². The molecule has 0 unspecified atom stereocenters. The Labute approximate surface area is 90.7 Å². The smallest absolute Gasteiger partial charge is 0.192 e. The summed E-state index contributed by atoms with van der Waals surface area (Å²) in [4.78, 5) is 0. The lowest BCUT2D eigenvalue weighted by molar-refractivity contribution is 0.221. The van der Waals surface area contributed by atoms with Gasteiger partial charge in [-0.2, -0.15) is 0 Å². The Morgan fingerprint density at radius 3 is 2.07 bits per heavy atom. The van der Waals surface area contributed by atoms with Crippen molar-refractivity contribution in [3.05, 3.63) is 12.2 Å². The van der Waals surface area contributed by atoms with Gasteiger partial charge in [-0.1, -0.05) is 39.8 Å². The fourth-order valence-electron chi connectivity index (χ4n) is 1.03. The Hall–Kier alpha value is -0.0831. The van der Waals surface area contributed by atoms with E-state index in [1.165, 1.54) is 0 Å². The highest BCUT2D eigenvalue weighted by molar-refractivity contribution is 6.74. The topological polar surface area (TPSA) is 9.23 Å². The highest BCUT2D eigenvalue weighted by Gasteiger charge is 2.38. The molecule has 1 atom stereocenters. The summed E-state index contributed by atoms with van der Waals surface area (Å²) in [6.45, 7) is 15.7. The monoisotopic (exact) mass is 214 g/mol. The Bertz CT molecular complexity index is 189. The van der Waals surface area contributed by atoms with Crippen LogP contribution in [0.5, 0.6) is 0 Å². The maximum Gasteiger partial charge on any atom is 0.192 e. The largest absolute Gasteiger partial charge is 0.411 e. The number of hydrogen-bond donors (Lipinski definition) is 0. The number of allylic oxidation sites excluding steroid dienone is 1. The molecule has 2 heteroatoms. The molecule has 84 valence electrons. The van der Waals surface area contributed by atoms with Gasteiger partial charge < -0.3 is 4.43 Å². The van der Waals surface area contributed by atoms with E-state index in [-0.39, 0.29) is 0 Å². The summed E-state index contributed by atoms with van der Waals surface area (Å²) >= 11 is 0. The molecule has 0 heterocycles. The molecule has 0 aromatic heterocycles. The van der Waals surface area contributed by atoms with Crippen molar-refractivity contribution in [2.24, 2.45) is 0 Å². The zero-order chi connectivity index (χ0) is 11.4. The summed E-state index contributed by atoms with van der Waals surface area (Å²) in [6.07, 6.45) is 5.62. The van der Waals surface area contributed by atoms with Gasteiger partial charge in [0.2, 0.25) is 0 Å².